The molecule has 1 unspecified atom stereocenters. The van der Waals surface area contributed by atoms with Gasteiger partial charge in [-0.05, 0) is 37.0 Å². The predicted molar refractivity (Wildman–Crippen MR) is 115 cm³/mol. The van der Waals surface area contributed by atoms with E-state index in [1.807, 2.05) is 49.5 Å². The van der Waals surface area contributed by atoms with E-state index in [0.717, 1.165) is 41.9 Å². The molecule has 0 radical (unpaired) electrons. The van der Waals surface area contributed by atoms with Gasteiger partial charge in [0.2, 0.25) is 0 Å². The molecule has 2 aromatic carbocycles. The monoisotopic (exact) mass is 376 g/mol. The number of aliphatic hydroxyl groups excluding tert-OH is 1. The van der Waals surface area contributed by atoms with Crippen molar-refractivity contribution >= 4 is 16.9 Å². The summed E-state index contributed by atoms with van der Waals surface area (Å²) in [6.45, 7) is 4.16. The maximum atomic E-state index is 10.3. The highest BCUT2D eigenvalue weighted by molar-refractivity contribution is 5.82. The summed E-state index contributed by atoms with van der Waals surface area (Å²) in [6, 6.07) is 20.0. The molecule has 0 saturated carbocycles. The predicted octanol–water partition coefficient (Wildman–Crippen LogP) is 3.46. The number of aliphatic hydroxyl groups is 1. The molecule has 28 heavy (non-hydrogen) atoms. The fourth-order valence-corrected chi connectivity index (χ4v) is 3.17. The zero-order valence-corrected chi connectivity index (χ0v) is 16.3. The molecule has 1 aromatic heterocycles. The van der Waals surface area contributed by atoms with Crippen molar-refractivity contribution in [3.63, 3.8) is 0 Å². The van der Waals surface area contributed by atoms with Gasteiger partial charge in [0, 0.05) is 31.2 Å². The highest BCUT2D eigenvalue weighted by Crippen LogP contribution is 2.16. The number of benzene rings is 2. The summed E-state index contributed by atoms with van der Waals surface area (Å²) in [5.74, 6) is 0.774. The van der Waals surface area contributed by atoms with Crippen LogP contribution in [0.25, 0.3) is 10.9 Å². The average Bonchev–Trinajstić information content (AvgIpc) is 2.74. The van der Waals surface area contributed by atoms with E-state index in [1.165, 1.54) is 5.56 Å². The first-order chi connectivity index (χ1) is 13.8. The molecule has 0 spiro atoms. The fourth-order valence-electron chi connectivity index (χ4n) is 3.17. The highest BCUT2D eigenvalue weighted by Gasteiger charge is 2.07. The van der Waals surface area contributed by atoms with Gasteiger partial charge in [-0.3, -0.25) is 9.98 Å². The minimum absolute atomic E-state index is 0.491. The zero-order chi connectivity index (χ0) is 19.6. The molecule has 5 heteroatoms. The Hall–Kier alpha value is -2.92. The number of nitrogens with one attached hydrogen (secondary N) is 2. The average molecular weight is 377 g/mol. The fraction of sp³-hybridized carbons (Fsp3) is 0.304. The van der Waals surface area contributed by atoms with Gasteiger partial charge in [-0.15, -0.1) is 0 Å². The third kappa shape index (κ3) is 5.54. The maximum absolute atomic E-state index is 10.3. The molecule has 0 aliphatic rings. The van der Waals surface area contributed by atoms with Crippen molar-refractivity contribution in [2.45, 2.75) is 25.9 Å². The van der Waals surface area contributed by atoms with Crippen LogP contribution in [0.5, 0.6) is 0 Å². The lowest BCUT2D eigenvalue weighted by atomic mass is 10.1. The first-order valence-electron chi connectivity index (χ1n) is 9.85. The molecule has 5 nitrogen and oxygen atoms in total. The smallest absolute Gasteiger partial charge is 0.191 e. The lowest BCUT2D eigenvalue weighted by Crippen LogP contribution is -2.38. The molecule has 0 bridgehead atoms. The summed E-state index contributed by atoms with van der Waals surface area (Å²) in [7, 11) is 0. The molecule has 146 valence electrons. The Kier molecular flexibility index (Phi) is 7.38. The number of aliphatic imine (C=N–C) groups is 1. The van der Waals surface area contributed by atoms with Crippen molar-refractivity contribution in [2.75, 3.05) is 19.6 Å². The van der Waals surface area contributed by atoms with E-state index >= 15 is 0 Å². The summed E-state index contributed by atoms with van der Waals surface area (Å²) in [5, 5.41) is 18.1. The van der Waals surface area contributed by atoms with Crippen molar-refractivity contribution in [3.8, 4) is 0 Å². The van der Waals surface area contributed by atoms with Crippen LogP contribution in [0.4, 0.5) is 0 Å². The molecule has 1 atom stereocenters. The standard InChI is InChI=1S/C23H28N4O/c1-2-24-23(27-17-14-21(28)18-8-4-3-5-9-18)26-16-13-20-11-6-10-19-12-7-15-25-22(19)20/h3-12,15,21,28H,2,13-14,16-17H2,1H3,(H2,24,26,27). The van der Waals surface area contributed by atoms with Gasteiger partial charge >= 0.3 is 0 Å². The van der Waals surface area contributed by atoms with Crippen LogP contribution in [0.3, 0.4) is 0 Å². The molecular weight excluding hydrogens is 348 g/mol. The Morgan fingerprint density at radius 1 is 1.04 bits per heavy atom. The summed E-state index contributed by atoms with van der Waals surface area (Å²) in [5.41, 5.74) is 3.21. The van der Waals surface area contributed by atoms with Crippen molar-refractivity contribution in [1.82, 2.24) is 15.6 Å². The van der Waals surface area contributed by atoms with E-state index in [9.17, 15) is 5.11 Å². The quantitative estimate of drug-likeness (QED) is 0.416. The van der Waals surface area contributed by atoms with Gasteiger partial charge in [-0.2, -0.15) is 0 Å². The highest BCUT2D eigenvalue weighted by atomic mass is 16.3. The summed E-state index contributed by atoms with van der Waals surface area (Å²) in [4.78, 5) is 9.10. The Bertz CT molecular complexity index is 890. The number of nitrogens with zero attached hydrogens (tertiary/aromatic N) is 2. The lowest BCUT2D eigenvalue weighted by Gasteiger charge is -2.13. The second-order valence-electron chi connectivity index (χ2n) is 6.64. The van der Waals surface area contributed by atoms with Gasteiger partial charge in [-0.25, -0.2) is 0 Å². The van der Waals surface area contributed by atoms with Crippen LogP contribution in [0.2, 0.25) is 0 Å². The van der Waals surface area contributed by atoms with Crippen LogP contribution in [0, 0.1) is 0 Å². The van der Waals surface area contributed by atoms with Gasteiger partial charge < -0.3 is 15.7 Å². The minimum atomic E-state index is -0.491. The lowest BCUT2D eigenvalue weighted by molar-refractivity contribution is 0.170. The Morgan fingerprint density at radius 3 is 2.68 bits per heavy atom. The summed E-state index contributed by atoms with van der Waals surface area (Å²) < 4.78 is 0. The zero-order valence-electron chi connectivity index (χ0n) is 16.3. The Labute approximate surface area is 166 Å². The number of para-hydroxylation sites is 1. The first kappa shape index (κ1) is 19.8. The molecule has 0 aliphatic carbocycles. The van der Waals surface area contributed by atoms with Crippen molar-refractivity contribution in [3.05, 3.63) is 78.0 Å². The molecule has 1 heterocycles. The van der Waals surface area contributed by atoms with Gasteiger partial charge in [0.15, 0.2) is 5.96 Å². The van der Waals surface area contributed by atoms with Gasteiger partial charge in [0.25, 0.3) is 0 Å². The van der Waals surface area contributed by atoms with Crippen LogP contribution in [-0.2, 0) is 6.42 Å². The SMILES string of the molecule is CCNC(=NCCC(O)c1ccccc1)NCCc1cccc2cccnc12. The van der Waals surface area contributed by atoms with Crippen molar-refractivity contribution < 1.29 is 5.11 Å². The third-order valence-electron chi connectivity index (χ3n) is 4.60. The Morgan fingerprint density at radius 2 is 1.86 bits per heavy atom. The number of hydrogen-bond acceptors (Lipinski definition) is 3. The largest absolute Gasteiger partial charge is 0.388 e. The van der Waals surface area contributed by atoms with Crippen LogP contribution >= 0.6 is 0 Å². The normalized spacial score (nSPS) is 12.7. The van der Waals surface area contributed by atoms with Gasteiger partial charge in [-0.1, -0.05) is 54.6 Å². The van der Waals surface area contributed by atoms with E-state index in [1.54, 1.807) is 0 Å². The molecule has 3 N–H and O–H groups in total. The number of fused-ring (bicyclic) bond motifs is 1. The molecule has 3 aromatic rings. The van der Waals surface area contributed by atoms with Crippen LogP contribution in [0.15, 0.2) is 71.9 Å². The molecule has 0 saturated heterocycles. The molecule has 0 fully saturated rings. The molecule has 0 amide bonds. The van der Waals surface area contributed by atoms with Crippen LogP contribution in [-0.4, -0.2) is 35.7 Å². The van der Waals surface area contributed by atoms with E-state index in [2.05, 4.69) is 44.9 Å². The maximum Gasteiger partial charge on any atom is 0.191 e. The molecular formula is C23H28N4O. The first-order valence-corrected chi connectivity index (χ1v) is 9.85. The number of guanidine groups is 1. The van der Waals surface area contributed by atoms with E-state index in [4.69, 9.17) is 0 Å². The van der Waals surface area contributed by atoms with E-state index in [-0.39, 0.29) is 0 Å². The minimum Gasteiger partial charge on any atom is -0.388 e. The number of aromatic nitrogens is 1. The van der Waals surface area contributed by atoms with Crippen molar-refractivity contribution in [1.29, 1.82) is 0 Å². The number of hydrogen-bond donors (Lipinski definition) is 3. The summed E-state index contributed by atoms with van der Waals surface area (Å²) in [6.07, 6.45) is 2.80. The van der Waals surface area contributed by atoms with E-state index in [0.29, 0.717) is 13.0 Å². The van der Waals surface area contributed by atoms with Crippen LogP contribution in [0.1, 0.15) is 30.6 Å². The van der Waals surface area contributed by atoms with Crippen molar-refractivity contribution in [2.24, 2.45) is 4.99 Å². The number of rotatable bonds is 8. The summed E-state index contributed by atoms with van der Waals surface area (Å²) >= 11 is 0. The third-order valence-corrected chi connectivity index (χ3v) is 4.60. The van der Waals surface area contributed by atoms with Gasteiger partial charge in [0.05, 0.1) is 11.6 Å². The van der Waals surface area contributed by atoms with Gasteiger partial charge in [0.1, 0.15) is 0 Å². The van der Waals surface area contributed by atoms with Crippen LogP contribution < -0.4 is 10.6 Å². The second kappa shape index (κ2) is 10.4. The molecule has 0 aliphatic heterocycles. The second-order valence-corrected chi connectivity index (χ2v) is 6.64. The van der Waals surface area contributed by atoms with E-state index < -0.39 is 6.10 Å². The Balaban J connectivity index is 1.53. The number of pyridine rings is 1. The topological polar surface area (TPSA) is 69.5 Å². The molecule has 3 rings (SSSR count).